The molecule has 2 aromatic heterocycles. The number of amides is 1. The maximum absolute atomic E-state index is 12.5. The fourth-order valence-electron chi connectivity index (χ4n) is 3.71. The number of nitrogens with zero attached hydrogens (tertiary/aromatic N) is 3. The van der Waals surface area contributed by atoms with Gasteiger partial charge in [0, 0.05) is 31.6 Å². The average molecular weight is 502 g/mol. The Morgan fingerprint density at radius 3 is 2.65 bits per heavy atom. The summed E-state index contributed by atoms with van der Waals surface area (Å²) in [5.74, 6) is 2.30. The molecule has 9 nitrogen and oxygen atoms in total. The van der Waals surface area contributed by atoms with Crippen LogP contribution in [-0.4, -0.2) is 47.2 Å². The Labute approximate surface area is 216 Å². The SMILES string of the molecule is COCCCNC(=O)[C@@H](C)Oc1cccc2ncnc(Nc3ccc(Oc4ccc(C)nc4)c(C)c3)c12. The zero-order valence-electron chi connectivity index (χ0n) is 21.4. The number of hydrogen-bond donors (Lipinski definition) is 2. The van der Waals surface area contributed by atoms with Crippen LogP contribution in [0.1, 0.15) is 24.6 Å². The molecule has 4 aromatic rings. The van der Waals surface area contributed by atoms with Crippen molar-refractivity contribution in [2.75, 3.05) is 25.6 Å². The molecule has 0 saturated heterocycles. The molecule has 2 N–H and O–H groups in total. The fraction of sp³-hybridized carbons (Fsp3) is 0.286. The van der Waals surface area contributed by atoms with Crippen molar-refractivity contribution in [1.82, 2.24) is 20.3 Å². The van der Waals surface area contributed by atoms with Gasteiger partial charge < -0.3 is 24.8 Å². The molecule has 9 heteroatoms. The summed E-state index contributed by atoms with van der Waals surface area (Å²) in [6.45, 7) is 6.73. The monoisotopic (exact) mass is 501 g/mol. The lowest BCUT2D eigenvalue weighted by Crippen LogP contribution is -2.37. The number of carbonyl (C=O) groups excluding carboxylic acids is 1. The molecule has 0 aliphatic carbocycles. The van der Waals surface area contributed by atoms with Crippen LogP contribution < -0.4 is 20.1 Å². The van der Waals surface area contributed by atoms with E-state index in [9.17, 15) is 4.79 Å². The predicted molar refractivity (Wildman–Crippen MR) is 143 cm³/mol. The minimum atomic E-state index is -0.698. The van der Waals surface area contributed by atoms with Gasteiger partial charge in [-0.15, -0.1) is 0 Å². The van der Waals surface area contributed by atoms with Crippen molar-refractivity contribution >= 4 is 28.3 Å². The number of fused-ring (bicyclic) bond motifs is 1. The molecule has 2 aromatic carbocycles. The molecule has 0 radical (unpaired) electrons. The maximum Gasteiger partial charge on any atom is 0.260 e. The standard InChI is InChI=1S/C28H31N5O4/c1-18-15-21(10-12-24(18)37-22-11-9-19(2)30-16-22)33-27-26-23(31-17-32-27)7-5-8-25(26)36-20(3)28(34)29-13-6-14-35-4/h5,7-12,15-17,20H,6,13-14H2,1-4H3,(H,29,34)(H,31,32,33)/t20-/m1/s1. The van der Waals surface area contributed by atoms with E-state index in [4.69, 9.17) is 14.2 Å². The molecule has 0 aliphatic heterocycles. The molecule has 1 atom stereocenters. The zero-order chi connectivity index (χ0) is 26.2. The Hall–Kier alpha value is -4.24. The number of methoxy groups -OCH3 is 1. The highest BCUT2D eigenvalue weighted by Crippen LogP contribution is 2.33. The summed E-state index contributed by atoms with van der Waals surface area (Å²) in [6, 6.07) is 15.1. The number of aromatic nitrogens is 3. The van der Waals surface area contributed by atoms with Gasteiger partial charge in [0.1, 0.15) is 29.4 Å². The number of benzene rings is 2. The smallest absolute Gasteiger partial charge is 0.260 e. The maximum atomic E-state index is 12.5. The number of hydrogen-bond acceptors (Lipinski definition) is 8. The first-order chi connectivity index (χ1) is 17.9. The van der Waals surface area contributed by atoms with Gasteiger partial charge in [-0.2, -0.15) is 0 Å². The van der Waals surface area contributed by atoms with Gasteiger partial charge in [-0.1, -0.05) is 6.07 Å². The average Bonchev–Trinajstić information content (AvgIpc) is 2.89. The second-order valence-corrected chi connectivity index (χ2v) is 8.61. The van der Waals surface area contributed by atoms with E-state index in [1.807, 2.05) is 62.4 Å². The first-order valence-electron chi connectivity index (χ1n) is 12.1. The third kappa shape index (κ3) is 6.71. The van der Waals surface area contributed by atoms with Crippen molar-refractivity contribution in [3.63, 3.8) is 0 Å². The second-order valence-electron chi connectivity index (χ2n) is 8.61. The van der Waals surface area contributed by atoms with Gasteiger partial charge in [0.2, 0.25) is 0 Å². The first kappa shape index (κ1) is 25.8. The first-order valence-corrected chi connectivity index (χ1v) is 12.1. The minimum Gasteiger partial charge on any atom is -0.480 e. The molecule has 0 aliphatic rings. The second kappa shape index (κ2) is 12.1. The lowest BCUT2D eigenvalue weighted by molar-refractivity contribution is -0.127. The summed E-state index contributed by atoms with van der Waals surface area (Å²) in [6.07, 6.45) is 3.23. The number of pyridine rings is 1. The molecule has 192 valence electrons. The van der Waals surface area contributed by atoms with Crippen LogP contribution in [-0.2, 0) is 9.53 Å². The Morgan fingerprint density at radius 2 is 1.89 bits per heavy atom. The lowest BCUT2D eigenvalue weighted by atomic mass is 10.1. The van der Waals surface area contributed by atoms with Gasteiger partial charge in [0.05, 0.1) is 17.1 Å². The van der Waals surface area contributed by atoms with Gasteiger partial charge in [-0.3, -0.25) is 9.78 Å². The van der Waals surface area contributed by atoms with Crippen molar-refractivity contribution in [2.24, 2.45) is 0 Å². The molecule has 0 unspecified atom stereocenters. The quantitative estimate of drug-likeness (QED) is 0.274. The fourth-order valence-corrected chi connectivity index (χ4v) is 3.71. The van der Waals surface area contributed by atoms with Crippen molar-refractivity contribution in [3.8, 4) is 17.2 Å². The molecule has 4 rings (SSSR count). The van der Waals surface area contributed by atoms with Crippen molar-refractivity contribution in [1.29, 1.82) is 0 Å². The summed E-state index contributed by atoms with van der Waals surface area (Å²) >= 11 is 0. The zero-order valence-corrected chi connectivity index (χ0v) is 21.4. The van der Waals surface area contributed by atoms with Gasteiger partial charge in [-0.25, -0.2) is 9.97 Å². The molecular formula is C28H31N5O4. The summed E-state index contributed by atoms with van der Waals surface area (Å²) in [5, 5.41) is 6.92. The van der Waals surface area contributed by atoms with E-state index in [0.29, 0.717) is 41.4 Å². The normalized spacial score (nSPS) is 11.7. The Balaban J connectivity index is 1.52. The van der Waals surface area contributed by atoms with E-state index in [1.54, 1.807) is 20.2 Å². The van der Waals surface area contributed by atoms with Gasteiger partial charge in [-0.05, 0) is 75.2 Å². The van der Waals surface area contributed by atoms with E-state index in [2.05, 4.69) is 25.6 Å². The molecule has 1 amide bonds. The third-order valence-electron chi connectivity index (χ3n) is 5.67. The largest absolute Gasteiger partial charge is 0.480 e. The Kier molecular flexibility index (Phi) is 8.48. The van der Waals surface area contributed by atoms with Crippen LogP contribution in [0.5, 0.6) is 17.2 Å². The minimum absolute atomic E-state index is 0.200. The summed E-state index contributed by atoms with van der Waals surface area (Å²) < 4.78 is 17.1. The highest BCUT2D eigenvalue weighted by Gasteiger charge is 2.18. The predicted octanol–water partition coefficient (Wildman–Crippen LogP) is 5.10. The van der Waals surface area contributed by atoms with Crippen LogP contribution in [0, 0.1) is 13.8 Å². The molecule has 0 bridgehead atoms. The van der Waals surface area contributed by atoms with Crippen LogP contribution in [0.2, 0.25) is 0 Å². The van der Waals surface area contributed by atoms with Crippen LogP contribution in [0.15, 0.2) is 61.1 Å². The topological polar surface area (TPSA) is 107 Å². The van der Waals surface area contributed by atoms with Crippen LogP contribution in [0.4, 0.5) is 11.5 Å². The van der Waals surface area contributed by atoms with Crippen LogP contribution in [0.3, 0.4) is 0 Å². The number of carbonyl (C=O) groups is 1. The number of rotatable bonds is 11. The molecule has 37 heavy (non-hydrogen) atoms. The number of anilines is 2. The Bertz CT molecular complexity index is 1360. The van der Waals surface area contributed by atoms with E-state index in [-0.39, 0.29) is 5.91 Å². The molecule has 0 spiro atoms. The highest BCUT2D eigenvalue weighted by molar-refractivity contribution is 5.96. The number of aryl methyl sites for hydroxylation is 2. The number of ether oxygens (including phenoxy) is 3. The summed E-state index contributed by atoms with van der Waals surface area (Å²) in [7, 11) is 1.63. The summed E-state index contributed by atoms with van der Waals surface area (Å²) in [5.41, 5.74) is 3.40. The van der Waals surface area contributed by atoms with Gasteiger partial charge in [0.25, 0.3) is 5.91 Å². The molecular weight excluding hydrogens is 470 g/mol. The van der Waals surface area contributed by atoms with Gasteiger partial charge >= 0.3 is 0 Å². The molecule has 0 saturated carbocycles. The van der Waals surface area contributed by atoms with E-state index in [0.717, 1.165) is 29.1 Å². The highest BCUT2D eigenvalue weighted by atomic mass is 16.5. The van der Waals surface area contributed by atoms with Crippen LogP contribution in [0.25, 0.3) is 10.9 Å². The van der Waals surface area contributed by atoms with Crippen molar-refractivity contribution in [2.45, 2.75) is 33.3 Å². The van der Waals surface area contributed by atoms with E-state index in [1.165, 1.54) is 6.33 Å². The van der Waals surface area contributed by atoms with E-state index >= 15 is 0 Å². The van der Waals surface area contributed by atoms with Crippen molar-refractivity contribution < 1.29 is 19.0 Å². The Morgan fingerprint density at radius 1 is 1.03 bits per heavy atom. The molecule has 2 heterocycles. The third-order valence-corrected chi connectivity index (χ3v) is 5.67. The van der Waals surface area contributed by atoms with Crippen LogP contribution >= 0.6 is 0 Å². The molecule has 0 fully saturated rings. The van der Waals surface area contributed by atoms with E-state index < -0.39 is 6.10 Å². The summed E-state index contributed by atoms with van der Waals surface area (Å²) in [4.78, 5) is 25.6. The van der Waals surface area contributed by atoms with Crippen molar-refractivity contribution in [3.05, 3.63) is 72.3 Å². The lowest BCUT2D eigenvalue weighted by Gasteiger charge is -2.18. The number of nitrogens with one attached hydrogen (secondary N) is 2. The van der Waals surface area contributed by atoms with Gasteiger partial charge in [0.15, 0.2) is 6.10 Å².